The average Bonchev–Trinajstić information content (AvgIpc) is 2.26. The zero-order valence-electron chi connectivity index (χ0n) is 11.1. The van der Waals surface area contributed by atoms with E-state index in [4.69, 9.17) is 0 Å². The van der Waals surface area contributed by atoms with Crippen LogP contribution in [0.2, 0.25) is 0 Å². The molecule has 1 aromatic rings. The quantitative estimate of drug-likeness (QED) is 0.839. The molecule has 0 aliphatic rings. The lowest BCUT2D eigenvalue weighted by atomic mass is 9.94. The molecule has 1 aromatic carbocycles. The molecular weight excluding hydrogens is 214 g/mol. The Morgan fingerprint density at radius 1 is 1.12 bits per heavy atom. The van der Waals surface area contributed by atoms with Crippen LogP contribution in [0.15, 0.2) is 12.1 Å². The molecule has 0 fully saturated rings. The predicted molar refractivity (Wildman–Crippen MR) is 75.5 cm³/mol. The normalized spacial score (nSPS) is 12.8. The third-order valence-electron chi connectivity index (χ3n) is 3.22. The van der Waals surface area contributed by atoms with Gasteiger partial charge in [-0.25, -0.2) is 0 Å². The van der Waals surface area contributed by atoms with Crippen LogP contribution in [0, 0.1) is 20.8 Å². The molecule has 1 atom stereocenters. The van der Waals surface area contributed by atoms with E-state index in [1.807, 2.05) is 11.8 Å². The third kappa shape index (κ3) is 3.26. The molecule has 0 spiro atoms. The molecule has 0 saturated heterocycles. The highest BCUT2D eigenvalue weighted by Crippen LogP contribution is 2.24. The van der Waals surface area contributed by atoms with E-state index in [0.29, 0.717) is 6.04 Å². The summed E-state index contributed by atoms with van der Waals surface area (Å²) in [7, 11) is 2.06. The molecule has 0 aliphatic carbocycles. The van der Waals surface area contributed by atoms with E-state index in [-0.39, 0.29) is 0 Å². The highest BCUT2D eigenvalue weighted by Gasteiger charge is 2.12. The fourth-order valence-electron chi connectivity index (χ4n) is 2.05. The molecule has 0 radical (unpaired) electrons. The lowest BCUT2D eigenvalue weighted by molar-refractivity contribution is 0.578. The van der Waals surface area contributed by atoms with Crippen molar-refractivity contribution >= 4 is 11.8 Å². The minimum Gasteiger partial charge on any atom is -0.313 e. The SMILES string of the molecule is CNC(CCSC)c1cc(C)c(C)cc1C. The minimum absolute atomic E-state index is 0.492. The fraction of sp³-hybridized carbons (Fsp3) is 0.571. The van der Waals surface area contributed by atoms with Crippen molar-refractivity contribution < 1.29 is 0 Å². The summed E-state index contributed by atoms with van der Waals surface area (Å²) < 4.78 is 0. The van der Waals surface area contributed by atoms with Crippen molar-refractivity contribution in [1.29, 1.82) is 0 Å². The number of thioether (sulfide) groups is 1. The zero-order chi connectivity index (χ0) is 12.1. The molecule has 0 aliphatic heterocycles. The summed E-state index contributed by atoms with van der Waals surface area (Å²) in [5.41, 5.74) is 5.65. The van der Waals surface area contributed by atoms with Crippen LogP contribution >= 0.6 is 11.8 Å². The Morgan fingerprint density at radius 2 is 1.75 bits per heavy atom. The Labute approximate surface area is 104 Å². The Kier molecular flexibility index (Phi) is 5.36. The summed E-state index contributed by atoms with van der Waals surface area (Å²) in [6.45, 7) is 6.59. The van der Waals surface area contributed by atoms with Gasteiger partial charge in [0.2, 0.25) is 0 Å². The van der Waals surface area contributed by atoms with Crippen molar-refractivity contribution in [2.75, 3.05) is 19.1 Å². The zero-order valence-corrected chi connectivity index (χ0v) is 11.9. The Morgan fingerprint density at radius 3 is 2.31 bits per heavy atom. The highest BCUT2D eigenvalue weighted by molar-refractivity contribution is 7.98. The highest BCUT2D eigenvalue weighted by atomic mass is 32.2. The van der Waals surface area contributed by atoms with Gasteiger partial charge in [-0.1, -0.05) is 12.1 Å². The number of benzene rings is 1. The standard InChI is InChI=1S/C14H23NS/c1-10-8-12(3)13(9-11(10)2)14(15-4)6-7-16-5/h8-9,14-15H,6-7H2,1-5H3. The molecule has 1 rings (SSSR count). The average molecular weight is 237 g/mol. The van der Waals surface area contributed by atoms with Crippen LogP contribution in [-0.2, 0) is 0 Å². The molecule has 0 bridgehead atoms. The molecule has 1 nitrogen and oxygen atoms in total. The summed E-state index contributed by atoms with van der Waals surface area (Å²) in [5.74, 6) is 1.21. The van der Waals surface area contributed by atoms with Crippen molar-refractivity contribution in [3.63, 3.8) is 0 Å². The predicted octanol–water partition coefficient (Wildman–Crippen LogP) is 3.63. The monoisotopic (exact) mass is 237 g/mol. The number of hydrogen-bond donors (Lipinski definition) is 1. The van der Waals surface area contributed by atoms with E-state index < -0.39 is 0 Å². The van der Waals surface area contributed by atoms with Crippen molar-refractivity contribution in [3.05, 3.63) is 34.4 Å². The molecule has 0 amide bonds. The summed E-state index contributed by atoms with van der Waals surface area (Å²) in [6, 6.07) is 5.13. The molecule has 0 heterocycles. The van der Waals surface area contributed by atoms with Gasteiger partial charge in [0.05, 0.1) is 0 Å². The summed E-state index contributed by atoms with van der Waals surface area (Å²) >= 11 is 1.91. The van der Waals surface area contributed by atoms with Gasteiger partial charge in [-0.15, -0.1) is 0 Å². The van der Waals surface area contributed by atoms with E-state index in [9.17, 15) is 0 Å². The first-order valence-electron chi connectivity index (χ1n) is 5.84. The molecule has 90 valence electrons. The topological polar surface area (TPSA) is 12.0 Å². The van der Waals surface area contributed by atoms with E-state index in [1.54, 1.807) is 0 Å². The van der Waals surface area contributed by atoms with Crippen LogP contribution in [0.4, 0.5) is 0 Å². The van der Waals surface area contributed by atoms with Crippen LogP contribution in [0.25, 0.3) is 0 Å². The van der Waals surface area contributed by atoms with Crippen molar-refractivity contribution in [2.24, 2.45) is 0 Å². The van der Waals surface area contributed by atoms with Gasteiger partial charge in [-0.05, 0) is 68.5 Å². The minimum atomic E-state index is 0.492. The fourth-order valence-corrected chi connectivity index (χ4v) is 2.52. The Hall–Kier alpha value is -0.470. The maximum atomic E-state index is 3.43. The van der Waals surface area contributed by atoms with Gasteiger partial charge >= 0.3 is 0 Å². The largest absolute Gasteiger partial charge is 0.313 e. The van der Waals surface area contributed by atoms with Gasteiger partial charge in [0, 0.05) is 6.04 Å². The second-order valence-corrected chi connectivity index (χ2v) is 5.40. The Bertz CT molecular complexity index is 347. The molecule has 1 N–H and O–H groups in total. The second-order valence-electron chi connectivity index (χ2n) is 4.42. The van der Waals surface area contributed by atoms with Gasteiger partial charge < -0.3 is 5.32 Å². The summed E-state index contributed by atoms with van der Waals surface area (Å²) in [4.78, 5) is 0. The first kappa shape index (κ1) is 13.6. The first-order valence-corrected chi connectivity index (χ1v) is 7.23. The van der Waals surface area contributed by atoms with Crippen LogP contribution in [0.5, 0.6) is 0 Å². The van der Waals surface area contributed by atoms with Crippen LogP contribution in [-0.4, -0.2) is 19.1 Å². The lowest BCUT2D eigenvalue weighted by Gasteiger charge is -2.20. The number of hydrogen-bond acceptors (Lipinski definition) is 2. The van der Waals surface area contributed by atoms with Crippen LogP contribution in [0.3, 0.4) is 0 Å². The van der Waals surface area contributed by atoms with Crippen LogP contribution in [0.1, 0.15) is 34.7 Å². The van der Waals surface area contributed by atoms with E-state index in [0.717, 1.165) is 0 Å². The molecule has 16 heavy (non-hydrogen) atoms. The molecule has 2 heteroatoms. The molecule has 1 unspecified atom stereocenters. The summed E-state index contributed by atoms with van der Waals surface area (Å²) in [6.07, 6.45) is 3.36. The van der Waals surface area contributed by atoms with Gasteiger partial charge in [0.15, 0.2) is 0 Å². The van der Waals surface area contributed by atoms with Crippen LogP contribution < -0.4 is 5.32 Å². The van der Waals surface area contributed by atoms with E-state index in [2.05, 4.69) is 51.5 Å². The van der Waals surface area contributed by atoms with Crippen molar-refractivity contribution in [3.8, 4) is 0 Å². The van der Waals surface area contributed by atoms with Crippen molar-refractivity contribution in [1.82, 2.24) is 5.32 Å². The van der Waals surface area contributed by atoms with Gasteiger partial charge in [-0.2, -0.15) is 11.8 Å². The number of aryl methyl sites for hydroxylation is 3. The second kappa shape index (κ2) is 6.31. The maximum absolute atomic E-state index is 3.43. The number of nitrogens with one attached hydrogen (secondary N) is 1. The maximum Gasteiger partial charge on any atom is 0.0328 e. The molecule has 0 saturated carbocycles. The molecule has 0 aromatic heterocycles. The lowest BCUT2D eigenvalue weighted by Crippen LogP contribution is -2.18. The van der Waals surface area contributed by atoms with Gasteiger partial charge in [0.25, 0.3) is 0 Å². The first-order chi connectivity index (χ1) is 7.60. The van der Waals surface area contributed by atoms with E-state index >= 15 is 0 Å². The van der Waals surface area contributed by atoms with Gasteiger partial charge in [0.1, 0.15) is 0 Å². The molecular formula is C14H23NS. The number of rotatable bonds is 5. The van der Waals surface area contributed by atoms with Crippen molar-refractivity contribution in [2.45, 2.75) is 33.2 Å². The smallest absolute Gasteiger partial charge is 0.0328 e. The third-order valence-corrected chi connectivity index (χ3v) is 3.86. The Balaban J connectivity index is 2.95. The van der Waals surface area contributed by atoms with Gasteiger partial charge in [-0.3, -0.25) is 0 Å². The van der Waals surface area contributed by atoms with E-state index in [1.165, 1.54) is 34.4 Å². The summed E-state index contributed by atoms with van der Waals surface area (Å²) in [5, 5.41) is 3.43.